The van der Waals surface area contributed by atoms with Gasteiger partial charge in [-0.1, -0.05) is 24.3 Å². The van der Waals surface area contributed by atoms with E-state index in [0.717, 1.165) is 11.1 Å². The van der Waals surface area contributed by atoms with E-state index in [1.165, 1.54) is 24.3 Å². The molecule has 2 nitrogen and oxygen atoms in total. The van der Waals surface area contributed by atoms with Gasteiger partial charge in [-0.05, 0) is 41.8 Å². The summed E-state index contributed by atoms with van der Waals surface area (Å²) in [6.07, 6.45) is 0.678. The number of halogens is 2. The zero-order valence-electron chi connectivity index (χ0n) is 11.6. The van der Waals surface area contributed by atoms with Gasteiger partial charge in [0.2, 0.25) is 0 Å². The van der Waals surface area contributed by atoms with Gasteiger partial charge in [0.15, 0.2) is 0 Å². The molecule has 1 N–H and O–H groups in total. The third kappa shape index (κ3) is 4.62. The quantitative estimate of drug-likeness (QED) is 0.792. The Morgan fingerprint density at radius 2 is 1.29 bits per heavy atom. The molecule has 2 aromatic rings. The Labute approximate surface area is 123 Å². The van der Waals surface area contributed by atoms with Crippen LogP contribution in [-0.4, -0.2) is 24.9 Å². The first-order chi connectivity index (χ1) is 10.2. The molecule has 0 spiro atoms. The molecule has 0 amide bonds. The Balaban J connectivity index is 2.17. The Morgan fingerprint density at radius 3 is 1.71 bits per heavy atom. The standard InChI is InChI=1S/C17H18F2O2/c18-15-5-1-13(2-6-15)17(9-11-21-12-10-20)14-3-7-16(19)8-4-14/h1-8,17,20H,9-12H2. The van der Waals surface area contributed by atoms with Crippen molar-refractivity contribution >= 4 is 0 Å². The van der Waals surface area contributed by atoms with Crippen LogP contribution in [0.5, 0.6) is 0 Å². The first kappa shape index (κ1) is 15.6. The zero-order valence-corrected chi connectivity index (χ0v) is 11.6. The van der Waals surface area contributed by atoms with Gasteiger partial charge in [-0.2, -0.15) is 0 Å². The molecule has 0 aliphatic heterocycles. The van der Waals surface area contributed by atoms with E-state index in [2.05, 4.69) is 0 Å². The minimum absolute atomic E-state index is 0.00453. The third-order valence-electron chi connectivity index (χ3n) is 3.33. The summed E-state index contributed by atoms with van der Waals surface area (Å²) < 4.78 is 31.4. The van der Waals surface area contributed by atoms with Crippen LogP contribution in [0.4, 0.5) is 8.78 Å². The largest absolute Gasteiger partial charge is 0.394 e. The molecule has 112 valence electrons. The lowest BCUT2D eigenvalue weighted by Crippen LogP contribution is -2.08. The summed E-state index contributed by atoms with van der Waals surface area (Å²) >= 11 is 0. The molecular weight excluding hydrogens is 274 g/mol. The fraction of sp³-hybridized carbons (Fsp3) is 0.294. The molecule has 0 atom stereocenters. The van der Waals surface area contributed by atoms with Crippen LogP contribution in [0.15, 0.2) is 48.5 Å². The smallest absolute Gasteiger partial charge is 0.123 e. The van der Waals surface area contributed by atoms with Crippen LogP contribution >= 0.6 is 0 Å². The lowest BCUT2D eigenvalue weighted by molar-refractivity contribution is 0.0890. The van der Waals surface area contributed by atoms with E-state index in [-0.39, 0.29) is 24.2 Å². The highest BCUT2D eigenvalue weighted by atomic mass is 19.1. The first-order valence-corrected chi connectivity index (χ1v) is 6.90. The van der Waals surface area contributed by atoms with E-state index >= 15 is 0 Å². The van der Waals surface area contributed by atoms with Gasteiger partial charge in [0.25, 0.3) is 0 Å². The lowest BCUT2D eigenvalue weighted by atomic mass is 9.89. The van der Waals surface area contributed by atoms with Gasteiger partial charge < -0.3 is 9.84 Å². The number of aliphatic hydroxyl groups excluding tert-OH is 1. The van der Waals surface area contributed by atoms with E-state index in [4.69, 9.17) is 9.84 Å². The highest BCUT2D eigenvalue weighted by Crippen LogP contribution is 2.28. The summed E-state index contributed by atoms with van der Waals surface area (Å²) in [6.45, 7) is 0.747. The Kier molecular flexibility index (Phi) is 5.84. The fourth-order valence-electron chi connectivity index (χ4n) is 2.28. The molecule has 0 saturated heterocycles. The number of benzene rings is 2. The predicted octanol–water partition coefficient (Wildman–Crippen LogP) is 3.50. The van der Waals surface area contributed by atoms with Crippen LogP contribution in [0.2, 0.25) is 0 Å². The Hall–Kier alpha value is -1.78. The Bertz CT molecular complexity index is 492. The van der Waals surface area contributed by atoms with Crippen molar-refractivity contribution in [2.75, 3.05) is 19.8 Å². The van der Waals surface area contributed by atoms with Gasteiger partial charge in [-0.25, -0.2) is 8.78 Å². The monoisotopic (exact) mass is 292 g/mol. The fourth-order valence-corrected chi connectivity index (χ4v) is 2.28. The first-order valence-electron chi connectivity index (χ1n) is 6.90. The summed E-state index contributed by atoms with van der Waals surface area (Å²) in [6, 6.07) is 12.6. The van der Waals surface area contributed by atoms with Crippen LogP contribution in [0.25, 0.3) is 0 Å². The highest BCUT2D eigenvalue weighted by molar-refractivity contribution is 5.32. The van der Waals surface area contributed by atoms with Crippen LogP contribution in [0, 0.1) is 11.6 Å². The van der Waals surface area contributed by atoms with Crippen LogP contribution in [-0.2, 0) is 4.74 Å². The average Bonchev–Trinajstić information content (AvgIpc) is 2.50. The van der Waals surface area contributed by atoms with E-state index in [1.807, 2.05) is 0 Å². The predicted molar refractivity (Wildman–Crippen MR) is 77.2 cm³/mol. The van der Waals surface area contributed by atoms with E-state index in [9.17, 15) is 8.78 Å². The van der Waals surface area contributed by atoms with Gasteiger partial charge in [0.1, 0.15) is 11.6 Å². The van der Waals surface area contributed by atoms with Crippen molar-refractivity contribution in [2.45, 2.75) is 12.3 Å². The molecule has 0 heterocycles. The van der Waals surface area contributed by atoms with Crippen LogP contribution in [0.1, 0.15) is 23.5 Å². The SMILES string of the molecule is OCCOCCC(c1ccc(F)cc1)c1ccc(F)cc1. The summed E-state index contributed by atoms with van der Waals surface area (Å²) in [5.41, 5.74) is 1.91. The van der Waals surface area contributed by atoms with Crippen LogP contribution < -0.4 is 0 Å². The summed E-state index contributed by atoms with van der Waals surface area (Å²) in [4.78, 5) is 0. The van der Waals surface area contributed by atoms with E-state index in [1.54, 1.807) is 24.3 Å². The van der Waals surface area contributed by atoms with Crippen molar-refractivity contribution in [2.24, 2.45) is 0 Å². The Morgan fingerprint density at radius 1 is 0.810 bits per heavy atom. The van der Waals surface area contributed by atoms with Crippen molar-refractivity contribution in [3.63, 3.8) is 0 Å². The number of aliphatic hydroxyl groups is 1. The molecule has 0 aliphatic carbocycles. The number of hydrogen-bond acceptors (Lipinski definition) is 2. The minimum Gasteiger partial charge on any atom is -0.394 e. The van der Waals surface area contributed by atoms with Crippen molar-refractivity contribution in [1.82, 2.24) is 0 Å². The topological polar surface area (TPSA) is 29.5 Å². The molecule has 0 saturated carbocycles. The van der Waals surface area contributed by atoms with Gasteiger partial charge in [-0.15, -0.1) is 0 Å². The third-order valence-corrected chi connectivity index (χ3v) is 3.33. The molecule has 0 unspecified atom stereocenters. The molecular formula is C17H18F2O2. The second-order valence-corrected chi connectivity index (χ2v) is 4.78. The highest BCUT2D eigenvalue weighted by Gasteiger charge is 2.14. The van der Waals surface area contributed by atoms with Gasteiger partial charge in [0, 0.05) is 12.5 Å². The van der Waals surface area contributed by atoms with Crippen molar-refractivity contribution < 1.29 is 18.6 Å². The maximum Gasteiger partial charge on any atom is 0.123 e. The van der Waals surface area contributed by atoms with Crippen LogP contribution in [0.3, 0.4) is 0 Å². The maximum absolute atomic E-state index is 13.1. The molecule has 2 rings (SSSR count). The summed E-state index contributed by atoms with van der Waals surface area (Å²) in [5, 5.41) is 8.72. The molecule has 0 aromatic heterocycles. The van der Waals surface area contributed by atoms with E-state index in [0.29, 0.717) is 19.6 Å². The van der Waals surface area contributed by atoms with E-state index < -0.39 is 0 Å². The van der Waals surface area contributed by atoms with Gasteiger partial charge in [-0.3, -0.25) is 0 Å². The normalized spacial score (nSPS) is 11.0. The molecule has 2 aromatic carbocycles. The lowest BCUT2D eigenvalue weighted by Gasteiger charge is -2.18. The average molecular weight is 292 g/mol. The zero-order chi connectivity index (χ0) is 15.1. The molecule has 0 radical (unpaired) electrons. The van der Waals surface area contributed by atoms with Gasteiger partial charge >= 0.3 is 0 Å². The second-order valence-electron chi connectivity index (χ2n) is 4.78. The summed E-state index contributed by atoms with van der Waals surface area (Å²) in [7, 11) is 0. The molecule has 0 bridgehead atoms. The van der Waals surface area contributed by atoms with Crippen molar-refractivity contribution in [3.8, 4) is 0 Å². The molecule has 0 aliphatic rings. The van der Waals surface area contributed by atoms with Crippen molar-refractivity contribution in [1.29, 1.82) is 0 Å². The van der Waals surface area contributed by atoms with Crippen molar-refractivity contribution in [3.05, 3.63) is 71.3 Å². The molecule has 21 heavy (non-hydrogen) atoms. The van der Waals surface area contributed by atoms with Gasteiger partial charge in [0.05, 0.1) is 13.2 Å². The second kappa shape index (κ2) is 7.86. The maximum atomic E-state index is 13.1. The summed E-state index contributed by atoms with van der Waals surface area (Å²) in [5.74, 6) is -0.564. The molecule has 0 fully saturated rings. The number of ether oxygens (including phenoxy) is 1. The molecule has 4 heteroatoms. The number of rotatable bonds is 7. The number of hydrogen-bond donors (Lipinski definition) is 1. The minimum atomic E-state index is -0.284.